The lowest BCUT2D eigenvalue weighted by Crippen LogP contribution is -2.45. The zero-order chi connectivity index (χ0) is 18.5. The normalized spacial score (nSPS) is 16.9. The van der Waals surface area contributed by atoms with E-state index in [0.717, 1.165) is 43.4 Å². The van der Waals surface area contributed by atoms with Crippen LogP contribution in [0.2, 0.25) is 0 Å². The van der Waals surface area contributed by atoms with Crippen LogP contribution in [-0.2, 0) is 13.2 Å². The molecule has 0 unspecified atom stereocenters. The fourth-order valence-corrected chi connectivity index (χ4v) is 3.13. The van der Waals surface area contributed by atoms with Gasteiger partial charge in [0.15, 0.2) is 5.82 Å². The lowest BCUT2D eigenvalue weighted by Gasteiger charge is -2.33. The van der Waals surface area contributed by atoms with E-state index in [1.807, 2.05) is 30.5 Å². The lowest BCUT2D eigenvalue weighted by molar-refractivity contribution is 0.242. The molecule has 1 aliphatic rings. The molecule has 0 bridgehead atoms. The summed E-state index contributed by atoms with van der Waals surface area (Å²) in [5.74, 6) is 1.39. The fourth-order valence-electron chi connectivity index (χ4n) is 3.13. The van der Waals surface area contributed by atoms with Crippen molar-refractivity contribution in [3.05, 3.63) is 47.7 Å². The van der Waals surface area contributed by atoms with Crippen molar-refractivity contribution in [2.45, 2.75) is 26.1 Å². The maximum absolute atomic E-state index is 9.57. The molecule has 2 aromatic heterocycles. The second-order valence-corrected chi connectivity index (χ2v) is 6.93. The predicted molar refractivity (Wildman–Crippen MR) is 102 cm³/mol. The Morgan fingerprint density at radius 3 is 2.62 bits per heavy atom. The van der Waals surface area contributed by atoms with E-state index in [2.05, 4.69) is 50.7 Å². The third-order valence-corrected chi connectivity index (χ3v) is 4.97. The van der Waals surface area contributed by atoms with Gasteiger partial charge in [0.2, 0.25) is 0 Å². The van der Waals surface area contributed by atoms with Crippen molar-refractivity contribution >= 4 is 5.82 Å². The van der Waals surface area contributed by atoms with Gasteiger partial charge in [-0.05, 0) is 33.2 Å². The number of nitrogens with zero attached hydrogens (tertiary/aromatic N) is 6. The zero-order valence-electron chi connectivity index (χ0n) is 15.8. The highest BCUT2D eigenvalue weighted by molar-refractivity contribution is 5.40. The van der Waals surface area contributed by atoms with Crippen molar-refractivity contribution in [2.75, 3.05) is 45.2 Å². The van der Waals surface area contributed by atoms with E-state index in [1.165, 1.54) is 0 Å². The summed E-state index contributed by atoms with van der Waals surface area (Å²) in [4.78, 5) is 20.3. The number of likely N-dealkylation sites (N-methyl/N-ethyl adjacent to an activating group) is 1. The zero-order valence-corrected chi connectivity index (χ0v) is 15.8. The first-order valence-electron chi connectivity index (χ1n) is 9.09. The van der Waals surface area contributed by atoms with Gasteiger partial charge in [0, 0.05) is 51.0 Å². The maximum atomic E-state index is 9.57. The van der Waals surface area contributed by atoms with Gasteiger partial charge in [-0.25, -0.2) is 9.97 Å². The van der Waals surface area contributed by atoms with E-state index in [4.69, 9.17) is 0 Å². The molecule has 0 aliphatic carbocycles. The van der Waals surface area contributed by atoms with Gasteiger partial charge in [0.05, 0.1) is 11.4 Å². The summed E-state index contributed by atoms with van der Waals surface area (Å²) in [5.41, 5.74) is 1.95. The Hall–Kier alpha value is -2.09. The summed E-state index contributed by atoms with van der Waals surface area (Å²) in [6.45, 7) is 6.59. The summed E-state index contributed by atoms with van der Waals surface area (Å²) >= 11 is 0. The molecule has 7 nitrogen and oxygen atoms in total. The smallest absolute Gasteiger partial charge is 0.156 e. The first-order valence-corrected chi connectivity index (χ1v) is 9.09. The molecule has 26 heavy (non-hydrogen) atoms. The van der Waals surface area contributed by atoms with Crippen molar-refractivity contribution in [3.63, 3.8) is 0 Å². The van der Waals surface area contributed by atoms with Crippen molar-refractivity contribution in [1.82, 2.24) is 24.8 Å². The fraction of sp³-hybridized carbons (Fsp3) is 0.526. The number of aromatic nitrogens is 3. The van der Waals surface area contributed by atoms with E-state index in [0.29, 0.717) is 12.4 Å². The van der Waals surface area contributed by atoms with E-state index in [-0.39, 0.29) is 12.6 Å². The van der Waals surface area contributed by atoms with Crippen molar-refractivity contribution in [2.24, 2.45) is 0 Å². The molecule has 0 aromatic carbocycles. The molecule has 0 spiro atoms. The van der Waals surface area contributed by atoms with Gasteiger partial charge in [-0.1, -0.05) is 6.07 Å². The standard InChI is InChI=1S/C19H28N6O/c1-15(17-6-4-5-7-20-17)24(3)13-16-12-19(22-18(14-26)21-16)25-10-8-23(2)9-11-25/h4-7,12,15,26H,8-11,13-14H2,1-3H3/t15-/m0/s1. The Labute approximate surface area is 155 Å². The third-order valence-electron chi connectivity index (χ3n) is 4.97. The molecule has 2 aromatic rings. The highest BCUT2D eigenvalue weighted by atomic mass is 16.3. The van der Waals surface area contributed by atoms with Gasteiger partial charge in [-0.3, -0.25) is 9.88 Å². The van der Waals surface area contributed by atoms with Crippen LogP contribution in [0.3, 0.4) is 0 Å². The Kier molecular flexibility index (Phi) is 6.13. The Bertz CT molecular complexity index is 702. The minimum absolute atomic E-state index is 0.145. The van der Waals surface area contributed by atoms with Crippen molar-refractivity contribution in [1.29, 1.82) is 0 Å². The summed E-state index contributed by atoms with van der Waals surface area (Å²) in [6.07, 6.45) is 1.82. The number of rotatable bonds is 6. The first kappa shape index (κ1) is 18.7. The van der Waals surface area contributed by atoms with Crippen LogP contribution in [0.25, 0.3) is 0 Å². The molecule has 3 rings (SSSR count). The molecule has 1 aliphatic heterocycles. The van der Waals surface area contributed by atoms with Gasteiger partial charge < -0.3 is 14.9 Å². The van der Waals surface area contributed by atoms with Crippen LogP contribution in [0.1, 0.15) is 30.2 Å². The summed E-state index contributed by atoms with van der Waals surface area (Å²) in [7, 11) is 4.20. The molecule has 7 heteroatoms. The van der Waals surface area contributed by atoms with Gasteiger partial charge in [0.25, 0.3) is 0 Å². The van der Waals surface area contributed by atoms with Crippen LogP contribution in [0.5, 0.6) is 0 Å². The molecule has 1 N–H and O–H groups in total. The van der Waals surface area contributed by atoms with Gasteiger partial charge in [-0.2, -0.15) is 0 Å². The lowest BCUT2D eigenvalue weighted by atomic mass is 10.2. The second-order valence-electron chi connectivity index (χ2n) is 6.93. The Balaban J connectivity index is 1.75. The highest BCUT2D eigenvalue weighted by Crippen LogP contribution is 2.20. The SMILES string of the molecule is C[C@@H](c1ccccn1)N(C)Cc1cc(N2CCN(C)CC2)nc(CO)n1. The average molecular weight is 356 g/mol. The van der Waals surface area contributed by atoms with E-state index >= 15 is 0 Å². The van der Waals surface area contributed by atoms with Crippen LogP contribution in [-0.4, -0.2) is 70.1 Å². The molecule has 1 atom stereocenters. The predicted octanol–water partition coefficient (Wildman–Crippen LogP) is 1.31. The van der Waals surface area contributed by atoms with Crippen LogP contribution < -0.4 is 4.90 Å². The number of hydrogen-bond donors (Lipinski definition) is 1. The summed E-state index contributed by atoms with van der Waals surface area (Å²) in [5, 5.41) is 9.57. The number of piperazine rings is 1. The molecule has 140 valence electrons. The molecule has 1 fully saturated rings. The molecular weight excluding hydrogens is 328 g/mol. The minimum atomic E-state index is -0.145. The maximum Gasteiger partial charge on any atom is 0.156 e. The van der Waals surface area contributed by atoms with Crippen LogP contribution in [0, 0.1) is 0 Å². The molecular formula is C19H28N6O. The molecule has 3 heterocycles. The van der Waals surface area contributed by atoms with E-state index < -0.39 is 0 Å². The van der Waals surface area contributed by atoms with Crippen LogP contribution in [0.4, 0.5) is 5.82 Å². The minimum Gasteiger partial charge on any atom is -0.388 e. The van der Waals surface area contributed by atoms with Crippen molar-refractivity contribution < 1.29 is 5.11 Å². The van der Waals surface area contributed by atoms with Gasteiger partial charge in [-0.15, -0.1) is 0 Å². The third kappa shape index (κ3) is 4.55. The summed E-state index contributed by atoms with van der Waals surface area (Å²) in [6, 6.07) is 8.20. The number of aliphatic hydroxyl groups excluding tert-OH is 1. The molecule has 1 saturated heterocycles. The van der Waals surface area contributed by atoms with Gasteiger partial charge >= 0.3 is 0 Å². The van der Waals surface area contributed by atoms with Crippen molar-refractivity contribution in [3.8, 4) is 0 Å². The first-order chi connectivity index (χ1) is 12.6. The number of anilines is 1. The highest BCUT2D eigenvalue weighted by Gasteiger charge is 2.19. The van der Waals surface area contributed by atoms with Crippen LogP contribution in [0.15, 0.2) is 30.5 Å². The Morgan fingerprint density at radius 1 is 1.19 bits per heavy atom. The van der Waals surface area contributed by atoms with Gasteiger partial charge in [0.1, 0.15) is 12.4 Å². The molecule has 0 radical (unpaired) electrons. The van der Waals surface area contributed by atoms with E-state index in [9.17, 15) is 5.11 Å². The quantitative estimate of drug-likeness (QED) is 0.837. The number of hydrogen-bond acceptors (Lipinski definition) is 7. The largest absolute Gasteiger partial charge is 0.388 e. The van der Waals surface area contributed by atoms with E-state index in [1.54, 1.807) is 0 Å². The average Bonchev–Trinajstić information content (AvgIpc) is 2.68. The second kappa shape index (κ2) is 8.53. The Morgan fingerprint density at radius 2 is 1.96 bits per heavy atom. The molecule has 0 saturated carbocycles. The number of aliphatic hydroxyl groups is 1. The molecule has 0 amide bonds. The monoisotopic (exact) mass is 356 g/mol. The van der Waals surface area contributed by atoms with Crippen LogP contribution >= 0.6 is 0 Å². The topological polar surface area (TPSA) is 68.6 Å². The number of pyridine rings is 1. The summed E-state index contributed by atoms with van der Waals surface area (Å²) < 4.78 is 0.